The van der Waals surface area contributed by atoms with E-state index < -0.39 is 17.8 Å². The van der Waals surface area contributed by atoms with Gasteiger partial charge in [0.15, 0.2) is 5.78 Å². The number of nitrogens with zero attached hydrogens (tertiary/aromatic N) is 4. The van der Waals surface area contributed by atoms with Gasteiger partial charge in [0.25, 0.3) is 0 Å². The maximum absolute atomic E-state index is 13.3. The zero-order valence-electron chi connectivity index (χ0n) is 17.0. The molecule has 0 N–H and O–H groups in total. The van der Waals surface area contributed by atoms with Crippen molar-refractivity contribution >= 4 is 23.4 Å². The van der Waals surface area contributed by atoms with E-state index in [0.29, 0.717) is 27.7 Å². The Kier molecular flexibility index (Phi) is 5.50. The van der Waals surface area contributed by atoms with Crippen LogP contribution in [0, 0.1) is 5.92 Å². The van der Waals surface area contributed by atoms with E-state index in [4.69, 9.17) is 21.1 Å². The van der Waals surface area contributed by atoms with Crippen molar-refractivity contribution in [3.63, 3.8) is 0 Å². The first-order valence-corrected chi connectivity index (χ1v) is 10.3. The molecule has 1 aliphatic heterocycles. The van der Waals surface area contributed by atoms with E-state index in [1.165, 1.54) is 12.4 Å². The van der Waals surface area contributed by atoms with Gasteiger partial charge in [0, 0.05) is 12.4 Å². The maximum atomic E-state index is 13.3. The highest BCUT2D eigenvalue weighted by atomic mass is 35.5. The summed E-state index contributed by atoms with van der Waals surface area (Å²) in [6, 6.07) is 15.3. The molecule has 4 aromatic rings. The van der Waals surface area contributed by atoms with Gasteiger partial charge in [-0.25, -0.2) is 19.9 Å². The number of benzene rings is 2. The average molecular weight is 459 g/mol. The Morgan fingerprint density at radius 3 is 2.30 bits per heavy atom. The number of rotatable bonds is 5. The van der Waals surface area contributed by atoms with E-state index in [9.17, 15) is 9.59 Å². The van der Waals surface area contributed by atoms with Gasteiger partial charge in [-0.2, -0.15) is 0 Å². The highest BCUT2D eigenvalue weighted by molar-refractivity contribution is 6.30. The van der Waals surface area contributed by atoms with Crippen LogP contribution in [0.15, 0.2) is 79.4 Å². The second-order valence-electron chi connectivity index (χ2n) is 7.20. The smallest absolute Gasteiger partial charge is 0.323 e. The topological polar surface area (TPSA) is 104 Å². The summed E-state index contributed by atoms with van der Waals surface area (Å²) < 4.78 is 11.1. The van der Waals surface area contributed by atoms with Crippen molar-refractivity contribution in [1.29, 1.82) is 0 Å². The number of aromatic nitrogens is 4. The molecule has 9 heteroatoms. The quantitative estimate of drug-likeness (QED) is 0.248. The van der Waals surface area contributed by atoms with Crippen LogP contribution in [0.25, 0.3) is 0 Å². The molecule has 2 aromatic carbocycles. The van der Waals surface area contributed by atoms with Crippen LogP contribution >= 0.6 is 11.6 Å². The Labute approximate surface area is 193 Å². The number of carbonyl (C=O) groups is 2. The number of para-hydroxylation sites is 1. The number of Topliss-reactive ketones (excluding diaryl/α,β-unsaturated/α-hetero) is 1. The normalized spacial score (nSPS) is 16.0. The number of esters is 1. The molecule has 162 valence electrons. The second-order valence-corrected chi connectivity index (χ2v) is 7.64. The monoisotopic (exact) mass is 458 g/mol. The molecule has 5 rings (SSSR count). The fourth-order valence-electron chi connectivity index (χ4n) is 3.66. The first-order valence-electron chi connectivity index (χ1n) is 9.97. The van der Waals surface area contributed by atoms with Gasteiger partial charge in [-0.1, -0.05) is 35.9 Å². The van der Waals surface area contributed by atoms with E-state index in [2.05, 4.69) is 19.9 Å². The van der Waals surface area contributed by atoms with E-state index in [-0.39, 0.29) is 17.5 Å². The lowest BCUT2D eigenvalue weighted by Crippen LogP contribution is -2.38. The Morgan fingerprint density at radius 1 is 0.879 bits per heavy atom. The summed E-state index contributed by atoms with van der Waals surface area (Å²) in [5.41, 5.74) is 1.00. The summed E-state index contributed by atoms with van der Waals surface area (Å²) in [6.07, 6.45) is 5.99. The van der Waals surface area contributed by atoms with Gasteiger partial charge < -0.3 is 9.47 Å². The summed E-state index contributed by atoms with van der Waals surface area (Å²) in [7, 11) is 0. The van der Waals surface area contributed by atoms with Crippen molar-refractivity contribution in [2.45, 2.75) is 5.92 Å². The third-order valence-electron chi connectivity index (χ3n) is 5.14. The number of halogens is 1. The number of ketones is 1. The van der Waals surface area contributed by atoms with Gasteiger partial charge in [-0.3, -0.25) is 9.59 Å². The van der Waals surface area contributed by atoms with Gasteiger partial charge in [-0.15, -0.1) is 0 Å². The van der Waals surface area contributed by atoms with Crippen LogP contribution in [0.3, 0.4) is 0 Å². The summed E-state index contributed by atoms with van der Waals surface area (Å²) in [6.45, 7) is 0. The molecule has 0 aliphatic carbocycles. The minimum absolute atomic E-state index is 0.137. The molecule has 2 atom stereocenters. The van der Waals surface area contributed by atoms with Crippen molar-refractivity contribution in [2.75, 3.05) is 0 Å². The molecule has 0 bridgehead atoms. The molecule has 0 spiro atoms. The first-order chi connectivity index (χ1) is 16.1. The lowest BCUT2D eigenvalue weighted by Gasteiger charge is -2.28. The van der Waals surface area contributed by atoms with Crippen molar-refractivity contribution in [3.8, 4) is 17.5 Å². The van der Waals surface area contributed by atoms with E-state index >= 15 is 0 Å². The van der Waals surface area contributed by atoms with Crippen LogP contribution in [0.4, 0.5) is 0 Å². The zero-order valence-corrected chi connectivity index (χ0v) is 17.7. The molecule has 0 saturated carbocycles. The summed E-state index contributed by atoms with van der Waals surface area (Å²) in [4.78, 5) is 42.9. The van der Waals surface area contributed by atoms with Crippen molar-refractivity contribution in [1.82, 2.24) is 19.9 Å². The van der Waals surface area contributed by atoms with Crippen molar-refractivity contribution in [2.24, 2.45) is 5.92 Å². The molecule has 8 nitrogen and oxygen atoms in total. The highest BCUT2D eigenvalue weighted by Gasteiger charge is 2.44. The van der Waals surface area contributed by atoms with Gasteiger partial charge in [0.1, 0.15) is 23.2 Å². The molecule has 33 heavy (non-hydrogen) atoms. The van der Waals surface area contributed by atoms with Crippen LogP contribution in [0.1, 0.15) is 27.7 Å². The van der Waals surface area contributed by atoms with E-state index in [1.54, 1.807) is 67.0 Å². The molecule has 0 saturated heterocycles. The highest BCUT2D eigenvalue weighted by Crippen LogP contribution is 2.38. The maximum Gasteiger partial charge on any atom is 0.323 e. The van der Waals surface area contributed by atoms with Gasteiger partial charge in [-0.05, 0) is 35.9 Å². The molecule has 2 unspecified atom stereocenters. The van der Waals surface area contributed by atoms with Crippen molar-refractivity contribution < 1.29 is 19.1 Å². The van der Waals surface area contributed by atoms with Crippen LogP contribution in [0.2, 0.25) is 5.02 Å². The Balaban J connectivity index is 1.51. The zero-order chi connectivity index (χ0) is 22.8. The summed E-state index contributed by atoms with van der Waals surface area (Å²) in [5, 5.41) is 0.397. The SMILES string of the molecule is O=C1Oc2ccccc2C(=O)C1C(c1ccc(Oc2ncc(Cl)cn2)cc1)c1ncccn1. The molecule has 3 heterocycles. The number of hydrogen-bond acceptors (Lipinski definition) is 8. The van der Waals surface area contributed by atoms with E-state index in [0.717, 1.165) is 0 Å². The van der Waals surface area contributed by atoms with Gasteiger partial charge in [0.05, 0.1) is 28.9 Å². The minimum atomic E-state index is -1.13. The minimum Gasteiger partial charge on any atom is -0.425 e. The van der Waals surface area contributed by atoms with Crippen LogP contribution in [-0.4, -0.2) is 31.7 Å². The second kappa shape index (κ2) is 8.76. The van der Waals surface area contributed by atoms with Crippen molar-refractivity contribution in [3.05, 3.63) is 101 Å². The molecular formula is C24H15ClN4O4. The molecule has 0 amide bonds. The number of ether oxygens (including phenoxy) is 2. The number of fused-ring (bicyclic) bond motifs is 1. The first kappa shape index (κ1) is 20.7. The molecule has 2 aromatic heterocycles. The third-order valence-corrected chi connectivity index (χ3v) is 5.34. The molecule has 0 radical (unpaired) electrons. The standard InChI is InChI=1S/C24H15ClN4O4/c25-15-12-28-24(29-13-15)32-16-8-6-14(7-9-16)19(22-26-10-3-11-27-22)20-21(30)17-4-1-2-5-18(17)33-23(20)31/h1-13,19-20H. The fourth-order valence-corrected chi connectivity index (χ4v) is 3.75. The van der Waals surface area contributed by atoms with E-state index in [1.807, 2.05) is 0 Å². The van der Waals surface area contributed by atoms with Crippen LogP contribution < -0.4 is 9.47 Å². The van der Waals surface area contributed by atoms with Gasteiger partial charge >= 0.3 is 12.0 Å². The summed E-state index contributed by atoms with van der Waals surface area (Å²) >= 11 is 5.80. The predicted octanol–water partition coefficient (Wildman–Crippen LogP) is 4.26. The van der Waals surface area contributed by atoms with Crippen LogP contribution in [0.5, 0.6) is 17.5 Å². The predicted molar refractivity (Wildman–Crippen MR) is 117 cm³/mol. The number of hydrogen-bond donors (Lipinski definition) is 0. The lowest BCUT2D eigenvalue weighted by molar-refractivity contribution is -0.138. The Bertz CT molecular complexity index is 1310. The number of carbonyl (C=O) groups excluding carboxylic acids is 2. The third kappa shape index (κ3) is 4.16. The Morgan fingerprint density at radius 2 is 1.58 bits per heavy atom. The molecule has 0 fully saturated rings. The summed E-state index contributed by atoms with van der Waals surface area (Å²) in [5.74, 6) is -1.81. The fraction of sp³-hybridized carbons (Fsp3) is 0.0833. The van der Waals surface area contributed by atoms with Crippen LogP contribution in [-0.2, 0) is 4.79 Å². The lowest BCUT2D eigenvalue weighted by atomic mass is 9.79. The largest absolute Gasteiger partial charge is 0.425 e. The molecule has 1 aliphatic rings. The Hall–Kier alpha value is -4.17. The molecular weight excluding hydrogens is 444 g/mol. The van der Waals surface area contributed by atoms with Gasteiger partial charge in [0.2, 0.25) is 0 Å². The average Bonchev–Trinajstić information content (AvgIpc) is 2.84.